The molecule has 1 aliphatic rings. The maximum Gasteiger partial charge on any atom is 0.134 e. The van der Waals surface area contributed by atoms with Crippen molar-refractivity contribution < 1.29 is 0 Å². The molecule has 5 heteroatoms. The van der Waals surface area contributed by atoms with Gasteiger partial charge in [-0.05, 0) is 39.4 Å². The number of aromatic nitrogens is 2. The maximum absolute atomic E-state index is 4.60. The summed E-state index contributed by atoms with van der Waals surface area (Å²) < 4.78 is 0.391. The Balaban J connectivity index is 2.10. The fourth-order valence-corrected chi connectivity index (χ4v) is 3.85. The molecule has 0 unspecified atom stereocenters. The number of nitrogens with zero attached hydrogens (tertiary/aromatic N) is 2. The highest BCUT2D eigenvalue weighted by molar-refractivity contribution is 8.00. The lowest BCUT2D eigenvalue weighted by Crippen LogP contribution is -2.30. The van der Waals surface area contributed by atoms with Gasteiger partial charge in [-0.1, -0.05) is 19.8 Å². The van der Waals surface area contributed by atoms with Crippen LogP contribution in [0.3, 0.4) is 0 Å². The van der Waals surface area contributed by atoms with Crippen LogP contribution in [0.15, 0.2) is 0 Å². The first-order valence-corrected chi connectivity index (χ1v) is 9.21. The molecule has 118 valence electrons. The van der Waals surface area contributed by atoms with Crippen molar-refractivity contribution in [2.45, 2.75) is 57.6 Å². The number of hydrogen-bond acceptors (Lipinski definition) is 5. The molecule has 21 heavy (non-hydrogen) atoms. The smallest absolute Gasteiger partial charge is 0.134 e. The van der Waals surface area contributed by atoms with E-state index in [1.54, 1.807) is 0 Å². The Kier molecular flexibility index (Phi) is 5.73. The molecule has 0 atom stereocenters. The fourth-order valence-electron chi connectivity index (χ4n) is 2.93. The molecule has 2 N–H and O–H groups in total. The summed E-state index contributed by atoms with van der Waals surface area (Å²) >= 11 is 2.01. The summed E-state index contributed by atoms with van der Waals surface area (Å²) in [5.41, 5.74) is 1.13. The van der Waals surface area contributed by atoms with Gasteiger partial charge in [0.25, 0.3) is 0 Å². The van der Waals surface area contributed by atoms with Gasteiger partial charge in [0.1, 0.15) is 17.5 Å². The van der Waals surface area contributed by atoms with Gasteiger partial charge in [0, 0.05) is 23.4 Å². The van der Waals surface area contributed by atoms with Crippen molar-refractivity contribution in [1.82, 2.24) is 9.97 Å². The minimum Gasteiger partial charge on any atom is -0.370 e. The summed E-state index contributed by atoms with van der Waals surface area (Å²) in [6.07, 6.45) is 8.66. The van der Waals surface area contributed by atoms with E-state index in [4.69, 9.17) is 0 Å². The largest absolute Gasteiger partial charge is 0.370 e. The van der Waals surface area contributed by atoms with Crippen LogP contribution in [0.1, 0.15) is 50.4 Å². The molecule has 1 fully saturated rings. The average Bonchev–Trinajstić information content (AvgIpc) is 2.96. The number of nitrogens with one attached hydrogen (secondary N) is 2. The minimum absolute atomic E-state index is 0.391. The van der Waals surface area contributed by atoms with Crippen molar-refractivity contribution in [2.75, 3.05) is 30.0 Å². The second kappa shape index (κ2) is 7.34. The molecule has 1 aromatic rings. The average molecular weight is 308 g/mol. The molecule has 0 bridgehead atoms. The zero-order valence-electron chi connectivity index (χ0n) is 13.8. The second-order valence-electron chi connectivity index (χ2n) is 5.97. The first-order chi connectivity index (χ1) is 10.1. The third kappa shape index (κ3) is 4.02. The van der Waals surface area contributed by atoms with Crippen LogP contribution in [-0.4, -0.2) is 34.1 Å². The highest BCUT2D eigenvalue weighted by atomic mass is 32.2. The number of hydrogen-bond donors (Lipinski definition) is 2. The Bertz CT molecular complexity index is 470. The molecular formula is C16H28N4S. The number of aryl methyl sites for hydroxylation is 1. The Morgan fingerprint density at radius 2 is 1.71 bits per heavy atom. The molecule has 1 saturated carbocycles. The van der Waals surface area contributed by atoms with Gasteiger partial charge >= 0.3 is 0 Å². The molecule has 0 spiro atoms. The van der Waals surface area contributed by atoms with Crippen LogP contribution in [0.5, 0.6) is 0 Å². The Labute approximate surface area is 132 Å². The summed E-state index contributed by atoms with van der Waals surface area (Å²) in [6, 6.07) is 0. The van der Waals surface area contributed by atoms with Crippen LogP contribution in [0.4, 0.5) is 11.6 Å². The van der Waals surface area contributed by atoms with Gasteiger partial charge in [-0.15, -0.1) is 0 Å². The van der Waals surface area contributed by atoms with Crippen LogP contribution in [0.2, 0.25) is 0 Å². The van der Waals surface area contributed by atoms with E-state index in [0.717, 1.165) is 42.5 Å². The van der Waals surface area contributed by atoms with Gasteiger partial charge in [-0.3, -0.25) is 0 Å². The third-order valence-electron chi connectivity index (χ3n) is 4.33. The standard InChI is InChI=1S/C16H28N4S/c1-5-10-17-14-12(2)15(20-13(3)19-14)18-11-16(21-4)8-6-7-9-16/h5-11H2,1-4H3,(H2,17,18,19,20). The lowest BCUT2D eigenvalue weighted by atomic mass is 10.1. The highest BCUT2D eigenvalue weighted by Gasteiger charge is 2.32. The molecule has 0 radical (unpaired) electrons. The van der Waals surface area contributed by atoms with E-state index in [1.165, 1.54) is 25.7 Å². The zero-order valence-corrected chi connectivity index (χ0v) is 14.6. The van der Waals surface area contributed by atoms with Crippen molar-refractivity contribution in [3.05, 3.63) is 11.4 Å². The van der Waals surface area contributed by atoms with Gasteiger partial charge in [-0.25, -0.2) is 9.97 Å². The molecule has 0 saturated heterocycles. The molecule has 2 rings (SSSR count). The number of thioether (sulfide) groups is 1. The summed E-state index contributed by atoms with van der Waals surface area (Å²) in [7, 11) is 0. The van der Waals surface area contributed by atoms with E-state index in [2.05, 4.69) is 40.7 Å². The van der Waals surface area contributed by atoms with Crippen molar-refractivity contribution >= 4 is 23.4 Å². The van der Waals surface area contributed by atoms with E-state index < -0.39 is 0 Å². The van der Waals surface area contributed by atoms with Crippen LogP contribution < -0.4 is 10.6 Å². The van der Waals surface area contributed by atoms with Crippen molar-refractivity contribution in [3.63, 3.8) is 0 Å². The van der Waals surface area contributed by atoms with Crippen LogP contribution in [-0.2, 0) is 0 Å². The van der Waals surface area contributed by atoms with Gasteiger partial charge in [-0.2, -0.15) is 11.8 Å². The number of anilines is 2. The van der Waals surface area contributed by atoms with Crippen LogP contribution in [0.25, 0.3) is 0 Å². The monoisotopic (exact) mass is 308 g/mol. The van der Waals surface area contributed by atoms with Crippen LogP contribution >= 0.6 is 11.8 Å². The maximum atomic E-state index is 4.60. The van der Waals surface area contributed by atoms with Crippen molar-refractivity contribution in [3.8, 4) is 0 Å². The first-order valence-electron chi connectivity index (χ1n) is 7.98. The van der Waals surface area contributed by atoms with Gasteiger partial charge < -0.3 is 10.6 Å². The van der Waals surface area contributed by atoms with E-state index >= 15 is 0 Å². The second-order valence-corrected chi connectivity index (χ2v) is 7.24. The lowest BCUT2D eigenvalue weighted by Gasteiger charge is -2.27. The van der Waals surface area contributed by atoms with Gasteiger partial charge in [0.05, 0.1) is 0 Å². The van der Waals surface area contributed by atoms with Crippen LogP contribution in [0, 0.1) is 13.8 Å². The van der Waals surface area contributed by atoms with Gasteiger partial charge in [0.2, 0.25) is 0 Å². The molecule has 1 heterocycles. The predicted octanol–water partition coefficient (Wildman–Crippen LogP) is 4.00. The summed E-state index contributed by atoms with van der Waals surface area (Å²) in [6.45, 7) is 8.17. The van der Waals surface area contributed by atoms with E-state index in [9.17, 15) is 0 Å². The summed E-state index contributed by atoms with van der Waals surface area (Å²) in [5.74, 6) is 2.78. The SMILES string of the molecule is CCCNc1nc(C)nc(NCC2(SC)CCCC2)c1C. The van der Waals surface area contributed by atoms with Crippen molar-refractivity contribution in [2.24, 2.45) is 0 Å². The predicted molar refractivity (Wildman–Crippen MR) is 93.5 cm³/mol. The Morgan fingerprint density at radius 3 is 2.29 bits per heavy atom. The highest BCUT2D eigenvalue weighted by Crippen LogP contribution is 2.40. The molecule has 0 aromatic carbocycles. The topological polar surface area (TPSA) is 49.8 Å². The lowest BCUT2D eigenvalue weighted by molar-refractivity contribution is 0.638. The van der Waals surface area contributed by atoms with E-state index in [0.29, 0.717) is 4.75 Å². The first kappa shape index (κ1) is 16.4. The fraction of sp³-hybridized carbons (Fsp3) is 0.750. The Hall–Kier alpha value is -0.970. The number of rotatable bonds is 7. The zero-order chi connectivity index (χ0) is 15.3. The summed E-state index contributed by atoms with van der Waals surface area (Å²) in [5, 5.41) is 6.99. The van der Waals surface area contributed by atoms with E-state index in [-0.39, 0.29) is 0 Å². The molecule has 4 nitrogen and oxygen atoms in total. The van der Waals surface area contributed by atoms with Gasteiger partial charge in [0.15, 0.2) is 0 Å². The molecule has 1 aromatic heterocycles. The third-order valence-corrected chi connectivity index (χ3v) is 5.74. The van der Waals surface area contributed by atoms with Crippen molar-refractivity contribution in [1.29, 1.82) is 0 Å². The molecule has 1 aliphatic carbocycles. The quantitative estimate of drug-likeness (QED) is 0.797. The summed E-state index contributed by atoms with van der Waals surface area (Å²) in [4.78, 5) is 9.12. The van der Waals surface area contributed by atoms with E-state index in [1.807, 2.05) is 18.7 Å². The molecule has 0 aliphatic heterocycles. The molecular weight excluding hydrogens is 280 g/mol. The molecule has 0 amide bonds. The minimum atomic E-state index is 0.391. The Morgan fingerprint density at radius 1 is 1.10 bits per heavy atom. The normalized spacial score (nSPS) is 17.0.